The van der Waals surface area contributed by atoms with Gasteiger partial charge in [0.25, 0.3) is 27.7 Å². The number of nitrogens with one attached hydrogen (secondary N) is 3. The minimum absolute atomic E-state index is 0.0160. The van der Waals surface area contributed by atoms with Gasteiger partial charge in [0, 0.05) is 68.3 Å². The number of piperidine rings is 1. The number of aromatic nitrogens is 1. The van der Waals surface area contributed by atoms with Gasteiger partial charge in [0.2, 0.25) is 5.91 Å². The summed E-state index contributed by atoms with van der Waals surface area (Å²) < 4.78 is 34.0. The van der Waals surface area contributed by atoms with Gasteiger partial charge in [-0.2, -0.15) is 5.26 Å². The average molecular weight is 845 g/mol. The van der Waals surface area contributed by atoms with Crippen molar-refractivity contribution in [2.45, 2.75) is 82.9 Å². The standard InChI is InChI=1S/C42H49ClN8O7S/c1-41(2)39(42(3,4)40(41)58-28-13-11-26(24-44)30(43)23-28)48-36(53)27-12-15-33(46-25-27)50-21-19-49(20-22-50)18-7-5-6-17-45-31-10-8-9-29-35(31)59(56,57)51(38(29)55)32-14-16-34(52)47-37(32)54/h8-13,15,23,25,32,39-40,45H,5-7,14,16-22H2,1-4H3,(H,48,53)(H,47,52,54). The molecule has 1 aromatic heterocycles. The van der Waals surface area contributed by atoms with Crippen LogP contribution in [0, 0.1) is 22.2 Å². The highest BCUT2D eigenvalue weighted by molar-refractivity contribution is 7.90. The lowest BCUT2D eigenvalue weighted by Gasteiger charge is -2.63. The van der Waals surface area contributed by atoms with Crippen LogP contribution in [0.2, 0.25) is 5.02 Å². The molecule has 312 valence electrons. The third-order valence-corrected chi connectivity index (χ3v) is 14.3. The van der Waals surface area contributed by atoms with Crippen molar-refractivity contribution in [1.29, 1.82) is 5.26 Å². The van der Waals surface area contributed by atoms with Crippen LogP contribution < -0.4 is 25.6 Å². The number of ether oxygens (including phenoxy) is 1. The number of carbonyl (C=O) groups is 4. The highest BCUT2D eigenvalue weighted by Crippen LogP contribution is 2.55. The predicted molar refractivity (Wildman–Crippen MR) is 221 cm³/mol. The summed E-state index contributed by atoms with van der Waals surface area (Å²) in [7, 11) is -4.29. The summed E-state index contributed by atoms with van der Waals surface area (Å²) in [6, 6.07) is 14.1. The number of piperazine rings is 1. The van der Waals surface area contributed by atoms with E-state index in [2.05, 4.69) is 64.5 Å². The van der Waals surface area contributed by atoms with Gasteiger partial charge in [0.05, 0.1) is 27.4 Å². The quantitative estimate of drug-likeness (QED) is 0.161. The van der Waals surface area contributed by atoms with E-state index in [0.717, 1.165) is 57.8 Å². The van der Waals surface area contributed by atoms with Crippen molar-refractivity contribution in [3.8, 4) is 11.8 Å². The molecule has 1 atom stereocenters. The molecule has 2 saturated heterocycles. The van der Waals surface area contributed by atoms with Gasteiger partial charge in [-0.15, -0.1) is 0 Å². The Hall–Kier alpha value is -5.24. The second-order valence-corrected chi connectivity index (χ2v) is 18.9. The summed E-state index contributed by atoms with van der Waals surface area (Å²) in [4.78, 5) is 59.8. The summed E-state index contributed by atoms with van der Waals surface area (Å²) in [5, 5.41) is 18.1. The number of unbranched alkanes of at least 4 members (excludes halogenated alkanes) is 2. The second-order valence-electron chi connectivity index (χ2n) is 16.8. The zero-order chi connectivity index (χ0) is 42.3. The van der Waals surface area contributed by atoms with Gasteiger partial charge >= 0.3 is 0 Å². The number of carbonyl (C=O) groups excluding carboxylic acids is 4. The number of imide groups is 1. The van der Waals surface area contributed by atoms with Crippen LogP contribution in [0.1, 0.15) is 86.1 Å². The number of pyridine rings is 1. The fourth-order valence-electron chi connectivity index (χ4n) is 9.24. The molecule has 59 heavy (non-hydrogen) atoms. The van der Waals surface area contributed by atoms with Crippen LogP contribution in [-0.4, -0.2) is 104 Å². The molecule has 0 bridgehead atoms. The minimum atomic E-state index is -4.29. The third-order valence-electron chi connectivity index (χ3n) is 12.1. The summed E-state index contributed by atoms with van der Waals surface area (Å²) in [6.45, 7) is 13.0. The molecule has 0 radical (unpaired) electrons. The van der Waals surface area contributed by atoms with Crippen LogP contribution in [0.4, 0.5) is 11.5 Å². The maximum Gasteiger partial charge on any atom is 0.270 e. The predicted octanol–water partition coefficient (Wildman–Crippen LogP) is 4.57. The van der Waals surface area contributed by atoms with Crippen LogP contribution in [0.3, 0.4) is 0 Å². The molecular formula is C42H49ClN8O7S. The lowest BCUT2D eigenvalue weighted by molar-refractivity contribution is -0.164. The number of nitrogens with zero attached hydrogens (tertiary/aromatic N) is 5. The molecule has 1 aliphatic carbocycles. The molecular weight excluding hydrogens is 796 g/mol. The smallest absolute Gasteiger partial charge is 0.270 e. The Bertz CT molecular complexity index is 2290. The normalized spacial score (nSPS) is 23.1. The van der Waals surface area contributed by atoms with Crippen molar-refractivity contribution in [3.05, 3.63) is 76.4 Å². The van der Waals surface area contributed by atoms with Crippen LogP contribution in [-0.2, 0) is 19.6 Å². The molecule has 4 aliphatic rings. The SMILES string of the molecule is CC1(C)C(NC(=O)c2ccc(N3CCN(CCCCCNc4cccc5c4S(=O)(=O)N(C4CCC(=O)NC4=O)C5=O)CC3)nc2)C(C)(C)C1Oc1ccc(C#N)c(Cl)c1. The number of hydrogen-bond acceptors (Lipinski definition) is 12. The van der Waals surface area contributed by atoms with Gasteiger partial charge in [-0.05, 0) is 62.2 Å². The third kappa shape index (κ3) is 8.07. The highest BCUT2D eigenvalue weighted by Gasteiger charge is 2.64. The molecule has 3 N–H and O–H groups in total. The average Bonchev–Trinajstić information content (AvgIpc) is 3.41. The van der Waals surface area contributed by atoms with Crippen molar-refractivity contribution in [2.75, 3.05) is 49.5 Å². The Kier molecular flexibility index (Phi) is 11.7. The number of amides is 4. The zero-order valence-corrected chi connectivity index (χ0v) is 35.2. The van der Waals surface area contributed by atoms with Gasteiger partial charge < -0.3 is 20.3 Å². The van der Waals surface area contributed by atoms with Crippen molar-refractivity contribution < 1.29 is 32.3 Å². The molecule has 4 amide bonds. The fraction of sp³-hybridized carbons (Fsp3) is 0.476. The first-order valence-electron chi connectivity index (χ1n) is 19.9. The molecule has 3 fully saturated rings. The molecule has 4 heterocycles. The van der Waals surface area contributed by atoms with Crippen LogP contribution >= 0.6 is 11.6 Å². The molecule has 17 heteroatoms. The molecule has 0 spiro atoms. The van der Waals surface area contributed by atoms with Gasteiger partial charge in [-0.25, -0.2) is 17.7 Å². The number of fused-ring (bicyclic) bond motifs is 1. The summed E-state index contributed by atoms with van der Waals surface area (Å²) >= 11 is 6.23. The van der Waals surface area contributed by atoms with E-state index in [9.17, 15) is 32.9 Å². The number of hydrogen-bond donors (Lipinski definition) is 3. The first-order valence-corrected chi connectivity index (χ1v) is 21.8. The molecule has 3 aliphatic heterocycles. The topological polar surface area (TPSA) is 194 Å². The lowest BCUT2D eigenvalue weighted by Crippen LogP contribution is -2.74. The van der Waals surface area contributed by atoms with E-state index in [4.69, 9.17) is 16.3 Å². The van der Waals surface area contributed by atoms with E-state index in [-0.39, 0.29) is 52.2 Å². The molecule has 7 rings (SSSR count). The molecule has 2 aromatic carbocycles. The van der Waals surface area contributed by atoms with E-state index in [1.165, 1.54) is 6.07 Å². The Morgan fingerprint density at radius 1 is 1.02 bits per heavy atom. The van der Waals surface area contributed by atoms with Gasteiger partial charge in [-0.1, -0.05) is 51.8 Å². The van der Waals surface area contributed by atoms with Gasteiger partial charge in [0.15, 0.2) is 0 Å². The number of nitriles is 1. The van der Waals surface area contributed by atoms with Crippen molar-refractivity contribution >= 4 is 56.8 Å². The largest absolute Gasteiger partial charge is 0.489 e. The van der Waals surface area contributed by atoms with E-state index >= 15 is 0 Å². The lowest BCUT2D eigenvalue weighted by atomic mass is 9.49. The van der Waals surface area contributed by atoms with Crippen LogP contribution in [0.25, 0.3) is 0 Å². The monoisotopic (exact) mass is 844 g/mol. The maximum absolute atomic E-state index is 13.5. The number of sulfonamides is 1. The molecule has 1 saturated carbocycles. The van der Waals surface area contributed by atoms with E-state index in [1.54, 1.807) is 36.5 Å². The Morgan fingerprint density at radius 2 is 1.76 bits per heavy atom. The van der Waals surface area contributed by atoms with E-state index < -0.39 is 33.8 Å². The fourth-order valence-corrected chi connectivity index (χ4v) is 11.4. The number of halogens is 1. The number of benzene rings is 2. The number of anilines is 2. The van der Waals surface area contributed by atoms with E-state index in [0.29, 0.717) is 38.4 Å². The van der Waals surface area contributed by atoms with Crippen LogP contribution in [0.5, 0.6) is 5.75 Å². The maximum atomic E-state index is 13.5. The van der Waals surface area contributed by atoms with E-state index in [1.807, 2.05) is 12.1 Å². The summed E-state index contributed by atoms with van der Waals surface area (Å²) in [6.07, 6.45) is 3.99. The minimum Gasteiger partial charge on any atom is -0.489 e. The Balaban J connectivity index is 0.831. The molecule has 1 unspecified atom stereocenters. The Morgan fingerprint density at radius 3 is 2.42 bits per heavy atom. The highest BCUT2D eigenvalue weighted by atomic mass is 35.5. The molecule has 15 nitrogen and oxygen atoms in total. The van der Waals surface area contributed by atoms with Gasteiger partial charge in [0.1, 0.15) is 34.7 Å². The summed E-state index contributed by atoms with van der Waals surface area (Å²) in [5.41, 5.74) is 0.439. The Labute approximate surface area is 349 Å². The second kappa shape index (κ2) is 16.4. The zero-order valence-electron chi connectivity index (χ0n) is 33.6. The van der Waals surface area contributed by atoms with Crippen molar-refractivity contribution in [1.82, 2.24) is 24.8 Å². The summed E-state index contributed by atoms with van der Waals surface area (Å²) in [5.74, 6) is -0.837. The van der Waals surface area contributed by atoms with Crippen molar-refractivity contribution in [3.63, 3.8) is 0 Å². The van der Waals surface area contributed by atoms with Crippen LogP contribution in [0.15, 0.2) is 59.6 Å². The van der Waals surface area contributed by atoms with Gasteiger partial charge in [-0.3, -0.25) is 29.4 Å². The number of rotatable bonds is 13. The molecule has 3 aromatic rings. The first kappa shape index (κ1) is 41.9. The first-order chi connectivity index (χ1) is 28.0. The van der Waals surface area contributed by atoms with Crippen molar-refractivity contribution in [2.24, 2.45) is 10.8 Å².